The maximum absolute atomic E-state index is 5.37. The van der Waals surface area contributed by atoms with Crippen molar-refractivity contribution in [2.75, 3.05) is 5.32 Å². The lowest BCUT2D eigenvalue weighted by Gasteiger charge is -2.05. The molecule has 0 aromatic heterocycles. The molecule has 0 aliphatic carbocycles. The van der Waals surface area contributed by atoms with E-state index in [9.17, 15) is 0 Å². The van der Waals surface area contributed by atoms with E-state index >= 15 is 0 Å². The molecule has 1 aromatic rings. The second-order valence-electron chi connectivity index (χ2n) is 3.08. The van der Waals surface area contributed by atoms with Crippen LogP contribution < -0.4 is 16.4 Å². The smallest absolute Gasteiger partial charge is 0.168 e. The molecular formula is C9H11N3S. The van der Waals surface area contributed by atoms with E-state index in [4.69, 9.17) is 18.0 Å². The number of rotatable bonds is 1. The van der Waals surface area contributed by atoms with Crippen molar-refractivity contribution in [2.24, 2.45) is 5.73 Å². The van der Waals surface area contributed by atoms with Gasteiger partial charge in [0.1, 0.15) is 0 Å². The van der Waals surface area contributed by atoms with E-state index in [1.807, 2.05) is 6.07 Å². The van der Waals surface area contributed by atoms with Crippen molar-refractivity contribution in [3.05, 3.63) is 29.3 Å². The molecular weight excluding hydrogens is 182 g/mol. The monoisotopic (exact) mass is 193 g/mol. The molecule has 13 heavy (non-hydrogen) atoms. The second kappa shape index (κ2) is 3.32. The zero-order chi connectivity index (χ0) is 9.26. The Bertz CT molecular complexity index is 349. The Balaban J connectivity index is 2.25. The van der Waals surface area contributed by atoms with Crippen molar-refractivity contribution in [2.45, 2.75) is 13.1 Å². The van der Waals surface area contributed by atoms with Crippen LogP contribution in [0.5, 0.6) is 0 Å². The maximum Gasteiger partial charge on any atom is 0.168 e. The quantitative estimate of drug-likeness (QED) is 0.581. The lowest BCUT2D eigenvalue weighted by atomic mass is 10.1. The molecule has 1 aliphatic rings. The van der Waals surface area contributed by atoms with Gasteiger partial charge in [0.15, 0.2) is 5.11 Å². The zero-order valence-corrected chi connectivity index (χ0v) is 7.95. The van der Waals surface area contributed by atoms with Gasteiger partial charge in [-0.05, 0) is 35.5 Å². The lowest BCUT2D eigenvalue weighted by molar-refractivity contribution is 0.765. The van der Waals surface area contributed by atoms with Crippen LogP contribution in [0.3, 0.4) is 0 Å². The molecule has 4 heteroatoms. The molecule has 68 valence electrons. The van der Waals surface area contributed by atoms with E-state index in [1.54, 1.807) is 0 Å². The van der Waals surface area contributed by atoms with Crippen LogP contribution in [0.15, 0.2) is 18.2 Å². The van der Waals surface area contributed by atoms with Crippen LogP contribution in [0.4, 0.5) is 5.69 Å². The highest BCUT2D eigenvalue weighted by atomic mass is 32.1. The summed E-state index contributed by atoms with van der Waals surface area (Å²) in [6, 6.07) is 6.16. The van der Waals surface area contributed by atoms with Crippen LogP contribution in [-0.2, 0) is 13.1 Å². The van der Waals surface area contributed by atoms with Gasteiger partial charge in [0, 0.05) is 18.8 Å². The lowest BCUT2D eigenvalue weighted by Crippen LogP contribution is -2.18. The third-order valence-electron chi connectivity index (χ3n) is 2.10. The summed E-state index contributed by atoms with van der Waals surface area (Å²) in [5, 5.41) is 6.50. The van der Waals surface area contributed by atoms with Crippen molar-refractivity contribution in [3.8, 4) is 0 Å². The number of nitrogens with two attached hydrogens (primary N) is 1. The van der Waals surface area contributed by atoms with E-state index in [2.05, 4.69) is 22.8 Å². The van der Waals surface area contributed by atoms with Crippen molar-refractivity contribution < 1.29 is 0 Å². The summed E-state index contributed by atoms with van der Waals surface area (Å²) < 4.78 is 0. The summed E-state index contributed by atoms with van der Waals surface area (Å²) >= 11 is 4.76. The average molecular weight is 193 g/mol. The van der Waals surface area contributed by atoms with Crippen molar-refractivity contribution in [1.29, 1.82) is 0 Å². The summed E-state index contributed by atoms with van der Waals surface area (Å²) in [5.41, 5.74) is 9.02. The van der Waals surface area contributed by atoms with E-state index in [1.165, 1.54) is 11.1 Å². The maximum atomic E-state index is 5.37. The second-order valence-corrected chi connectivity index (χ2v) is 3.52. The fourth-order valence-electron chi connectivity index (χ4n) is 1.51. The number of thiocarbonyl (C=S) groups is 1. The standard InChI is InChI=1S/C9H11N3S/c10-9(13)12-8-2-1-6-4-11-5-7(6)3-8/h1-3,11H,4-5H2,(H3,10,12,13). The first kappa shape index (κ1) is 8.47. The van der Waals surface area contributed by atoms with Gasteiger partial charge in [-0.1, -0.05) is 6.07 Å². The molecule has 0 fully saturated rings. The van der Waals surface area contributed by atoms with Crippen LogP contribution in [0, 0.1) is 0 Å². The van der Waals surface area contributed by atoms with Gasteiger partial charge in [-0.25, -0.2) is 0 Å². The summed E-state index contributed by atoms with van der Waals surface area (Å²) in [4.78, 5) is 0. The topological polar surface area (TPSA) is 50.1 Å². The normalized spacial score (nSPS) is 13.8. The van der Waals surface area contributed by atoms with E-state index < -0.39 is 0 Å². The predicted molar refractivity (Wildman–Crippen MR) is 57.4 cm³/mol. The van der Waals surface area contributed by atoms with Crippen LogP contribution >= 0.6 is 12.2 Å². The van der Waals surface area contributed by atoms with E-state index in [-0.39, 0.29) is 0 Å². The molecule has 1 heterocycles. The first-order valence-electron chi connectivity index (χ1n) is 4.15. The average Bonchev–Trinajstić information content (AvgIpc) is 2.49. The SMILES string of the molecule is NC(=S)Nc1ccc2c(c1)CNC2. The molecule has 4 N–H and O–H groups in total. The number of hydrogen-bond acceptors (Lipinski definition) is 2. The third kappa shape index (κ3) is 1.79. The van der Waals surface area contributed by atoms with Crippen LogP contribution in [0.2, 0.25) is 0 Å². The van der Waals surface area contributed by atoms with Crippen molar-refractivity contribution in [1.82, 2.24) is 5.32 Å². The van der Waals surface area contributed by atoms with Gasteiger partial charge in [-0.2, -0.15) is 0 Å². The van der Waals surface area contributed by atoms with Gasteiger partial charge in [0.2, 0.25) is 0 Å². The molecule has 0 unspecified atom stereocenters. The molecule has 0 spiro atoms. The number of anilines is 1. The molecule has 0 radical (unpaired) electrons. The summed E-state index contributed by atoms with van der Waals surface area (Å²) in [6.45, 7) is 1.89. The van der Waals surface area contributed by atoms with Crippen molar-refractivity contribution >= 4 is 23.0 Å². The first-order valence-corrected chi connectivity index (χ1v) is 4.55. The Morgan fingerprint density at radius 1 is 1.38 bits per heavy atom. The largest absolute Gasteiger partial charge is 0.376 e. The Kier molecular flexibility index (Phi) is 2.16. The number of nitrogens with one attached hydrogen (secondary N) is 2. The van der Waals surface area contributed by atoms with Crippen LogP contribution in [-0.4, -0.2) is 5.11 Å². The Morgan fingerprint density at radius 3 is 2.92 bits per heavy atom. The molecule has 0 bridgehead atoms. The minimum atomic E-state index is 0.311. The highest BCUT2D eigenvalue weighted by Crippen LogP contribution is 2.19. The third-order valence-corrected chi connectivity index (χ3v) is 2.21. The van der Waals surface area contributed by atoms with Crippen LogP contribution in [0.25, 0.3) is 0 Å². The molecule has 3 nitrogen and oxygen atoms in total. The Hall–Kier alpha value is -1.13. The number of hydrogen-bond donors (Lipinski definition) is 3. The van der Waals surface area contributed by atoms with Gasteiger partial charge >= 0.3 is 0 Å². The van der Waals surface area contributed by atoms with Gasteiger partial charge in [-0.15, -0.1) is 0 Å². The summed E-state index contributed by atoms with van der Waals surface area (Å²) in [5.74, 6) is 0. The molecule has 1 aliphatic heterocycles. The van der Waals surface area contributed by atoms with E-state index in [0.717, 1.165) is 18.8 Å². The molecule has 0 saturated carbocycles. The number of benzene rings is 1. The van der Waals surface area contributed by atoms with Crippen molar-refractivity contribution in [3.63, 3.8) is 0 Å². The molecule has 1 aromatic carbocycles. The Labute approximate surface area is 82.3 Å². The highest BCUT2D eigenvalue weighted by Gasteiger charge is 2.09. The minimum absolute atomic E-state index is 0.311. The highest BCUT2D eigenvalue weighted by molar-refractivity contribution is 7.80. The first-order chi connectivity index (χ1) is 6.25. The molecule has 0 saturated heterocycles. The molecule has 0 atom stereocenters. The minimum Gasteiger partial charge on any atom is -0.376 e. The predicted octanol–water partition coefficient (Wildman–Crippen LogP) is 0.945. The molecule has 0 amide bonds. The van der Waals surface area contributed by atoms with Crippen LogP contribution in [0.1, 0.15) is 11.1 Å². The van der Waals surface area contributed by atoms with Gasteiger partial charge in [0.25, 0.3) is 0 Å². The Morgan fingerprint density at radius 2 is 2.15 bits per heavy atom. The fraction of sp³-hybridized carbons (Fsp3) is 0.222. The van der Waals surface area contributed by atoms with Gasteiger partial charge in [0.05, 0.1) is 0 Å². The van der Waals surface area contributed by atoms with E-state index in [0.29, 0.717) is 5.11 Å². The zero-order valence-electron chi connectivity index (χ0n) is 7.13. The van der Waals surface area contributed by atoms with Gasteiger partial charge < -0.3 is 16.4 Å². The summed E-state index contributed by atoms with van der Waals surface area (Å²) in [6.07, 6.45) is 0. The molecule has 2 rings (SSSR count). The van der Waals surface area contributed by atoms with Gasteiger partial charge in [-0.3, -0.25) is 0 Å². The summed E-state index contributed by atoms with van der Waals surface area (Å²) in [7, 11) is 0. The fourth-order valence-corrected chi connectivity index (χ4v) is 1.63. The number of fused-ring (bicyclic) bond motifs is 1.